The summed E-state index contributed by atoms with van der Waals surface area (Å²) in [7, 11) is 0. The second kappa shape index (κ2) is 11.1. The highest BCUT2D eigenvalue weighted by atomic mass is 35.5. The van der Waals surface area contributed by atoms with E-state index in [1.165, 1.54) is 17.3 Å². The third-order valence-electron chi connectivity index (χ3n) is 5.54. The van der Waals surface area contributed by atoms with E-state index in [0.29, 0.717) is 16.0 Å². The van der Waals surface area contributed by atoms with Crippen molar-refractivity contribution in [3.8, 4) is 17.1 Å². The molecule has 0 radical (unpaired) electrons. The Bertz CT molecular complexity index is 1360. The van der Waals surface area contributed by atoms with E-state index in [-0.39, 0.29) is 17.1 Å². The molecular weight excluding hydrogens is 490 g/mol. The summed E-state index contributed by atoms with van der Waals surface area (Å²) in [6.07, 6.45) is 1.64. The summed E-state index contributed by atoms with van der Waals surface area (Å²) in [4.78, 5) is 12.5. The lowest BCUT2D eigenvalue weighted by molar-refractivity contribution is -0.118. The number of rotatable bonds is 7. The van der Waals surface area contributed by atoms with Crippen LogP contribution in [0.2, 0.25) is 5.02 Å². The van der Waals surface area contributed by atoms with Crippen LogP contribution in [0.1, 0.15) is 37.5 Å². The van der Waals surface area contributed by atoms with Crippen LogP contribution in [0.4, 0.5) is 0 Å². The lowest BCUT2D eigenvalue weighted by Crippen LogP contribution is -2.20. The van der Waals surface area contributed by atoms with Gasteiger partial charge < -0.3 is 0 Å². The minimum Gasteiger partial charge on any atom is -0.272 e. The molecule has 1 amide bonds. The van der Waals surface area contributed by atoms with Gasteiger partial charge in [0.25, 0.3) is 5.91 Å². The first-order chi connectivity index (χ1) is 17.2. The maximum Gasteiger partial charge on any atom is 0.250 e. The zero-order valence-corrected chi connectivity index (χ0v) is 22.3. The molecule has 4 aromatic rings. The van der Waals surface area contributed by atoms with Gasteiger partial charge in [0.05, 0.1) is 12.0 Å². The van der Waals surface area contributed by atoms with Crippen LogP contribution in [0.15, 0.2) is 83.1 Å². The molecule has 1 N–H and O–H groups in total. The molecule has 0 saturated heterocycles. The SMILES string of the molecule is Cc1ccc(-c2nnc(SCC(=O)N/N=C/c3ccc(C(C)(C)C)cc3)n2-c2ccc(Cl)cc2)cc1. The number of nitrogens with one attached hydrogen (secondary N) is 1. The second-order valence-electron chi connectivity index (χ2n) is 9.44. The maximum absolute atomic E-state index is 12.5. The zero-order chi connectivity index (χ0) is 25.7. The molecule has 1 heterocycles. The minimum absolute atomic E-state index is 0.0903. The molecule has 0 aliphatic carbocycles. The first kappa shape index (κ1) is 25.7. The van der Waals surface area contributed by atoms with E-state index < -0.39 is 0 Å². The summed E-state index contributed by atoms with van der Waals surface area (Å²) in [6.45, 7) is 8.55. The summed E-state index contributed by atoms with van der Waals surface area (Å²) >= 11 is 7.39. The Hall–Kier alpha value is -3.42. The topological polar surface area (TPSA) is 72.2 Å². The highest BCUT2D eigenvalue weighted by Crippen LogP contribution is 2.29. The molecule has 1 aromatic heterocycles. The molecule has 36 heavy (non-hydrogen) atoms. The number of thioether (sulfide) groups is 1. The Morgan fingerprint density at radius 1 is 1.00 bits per heavy atom. The minimum atomic E-state index is -0.231. The van der Waals surface area contributed by atoms with Gasteiger partial charge >= 0.3 is 0 Å². The molecule has 0 unspecified atom stereocenters. The van der Waals surface area contributed by atoms with Crippen LogP contribution in [0.3, 0.4) is 0 Å². The predicted octanol–water partition coefficient (Wildman–Crippen LogP) is 6.44. The molecule has 0 fully saturated rings. The van der Waals surface area contributed by atoms with E-state index in [2.05, 4.69) is 53.6 Å². The number of nitrogens with zero attached hydrogens (tertiary/aromatic N) is 4. The molecule has 0 aliphatic heterocycles. The smallest absolute Gasteiger partial charge is 0.250 e. The fourth-order valence-electron chi connectivity index (χ4n) is 3.49. The molecule has 0 aliphatic rings. The normalized spacial score (nSPS) is 11.7. The van der Waals surface area contributed by atoms with E-state index in [0.717, 1.165) is 22.4 Å². The van der Waals surface area contributed by atoms with Gasteiger partial charge in [-0.15, -0.1) is 10.2 Å². The van der Waals surface area contributed by atoms with Crippen molar-refractivity contribution >= 4 is 35.5 Å². The number of hydrogen-bond acceptors (Lipinski definition) is 5. The summed E-state index contributed by atoms with van der Waals surface area (Å²) in [6, 6.07) is 23.7. The van der Waals surface area contributed by atoms with Gasteiger partial charge in [0.2, 0.25) is 0 Å². The largest absolute Gasteiger partial charge is 0.272 e. The van der Waals surface area contributed by atoms with Crippen molar-refractivity contribution in [3.63, 3.8) is 0 Å². The Morgan fingerprint density at radius 2 is 1.67 bits per heavy atom. The fourth-order valence-corrected chi connectivity index (χ4v) is 4.36. The van der Waals surface area contributed by atoms with Crippen molar-refractivity contribution in [1.29, 1.82) is 0 Å². The van der Waals surface area contributed by atoms with Crippen LogP contribution >= 0.6 is 23.4 Å². The van der Waals surface area contributed by atoms with Gasteiger partial charge in [-0.05, 0) is 47.7 Å². The van der Waals surface area contributed by atoms with Gasteiger partial charge in [0.15, 0.2) is 11.0 Å². The number of hydrazone groups is 1. The standard InChI is InChI=1S/C28H28ClN5OS/c1-19-5-9-21(10-6-19)26-32-33-27(34(26)24-15-13-23(29)14-16-24)36-18-25(35)31-30-17-20-7-11-22(12-8-20)28(2,3)4/h5-17H,18H2,1-4H3,(H,31,35)/b30-17+. The summed E-state index contributed by atoms with van der Waals surface area (Å²) in [5.74, 6) is 0.599. The molecule has 0 atom stereocenters. The highest BCUT2D eigenvalue weighted by Gasteiger charge is 2.17. The van der Waals surface area contributed by atoms with Crippen molar-refractivity contribution in [2.75, 3.05) is 5.75 Å². The van der Waals surface area contributed by atoms with Gasteiger partial charge in [-0.2, -0.15) is 5.10 Å². The Labute approximate surface area is 220 Å². The molecule has 4 rings (SSSR count). The third kappa shape index (κ3) is 6.42. The molecule has 3 aromatic carbocycles. The summed E-state index contributed by atoms with van der Waals surface area (Å²) in [5, 5.41) is 14.1. The third-order valence-corrected chi connectivity index (χ3v) is 6.72. The molecule has 184 valence electrons. The predicted molar refractivity (Wildman–Crippen MR) is 148 cm³/mol. The monoisotopic (exact) mass is 517 g/mol. The number of aryl methyl sites for hydroxylation is 1. The van der Waals surface area contributed by atoms with Gasteiger partial charge in [0.1, 0.15) is 0 Å². The molecular formula is C28H28ClN5OS. The van der Waals surface area contributed by atoms with Crippen molar-refractivity contribution in [1.82, 2.24) is 20.2 Å². The van der Waals surface area contributed by atoms with Crippen LogP contribution in [0, 0.1) is 6.92 Å². The van der Waals surface area contributed by atoms with E-state index in [9.17, 15) is 4.79 Å². The van der Waals surface area contributed by atoms with Gasteiger partial charge in [-0.25, -0.2) is 5.43 Å². The van der Waals surface area contributed by atoms with Crippen molar-refractivity contribution in [3.05, 3.63) is 94.5 Å². The lowest BCUT2D eigenvalue weighted by Gasteiger charge is -2.18. The maximum atomic E-state index is 12.5. The zero-order valence-electron chi connectivity index (χ0n) is 20.7. The number of aromatic nitrogens is 3. The number of hydrogen-bond donors (Lipinski definition) is 1. The molecule has 0 saturated carbocycles. The average Bonchev–Trinajstić information content (AvgIpc) is 3.27. The first-order valence-electron chi connectivity index (χ1n) is 11.5. The summed E-state index contributed by atoms with van der Waals surface area (Å²) < 4.78 is 1.93. The molecule has 0 bridgehead atoms. The fraction of sp³-hybridized carbons (Fsp3) is 0.214. The quantitative estimate of drug-likeness (QED) is 0.174. The Balaban J connectivity index is 1.46. The number of halogens is 1. The van der Waals surface area contributed by atoms with E-state index in [4.69, 9.17) is 11.6 Å². The van der Waals surface area contributed by atoms with Crippen LogP contribution in [0.5, 0.6) is 0 Å². The van der Waals surface area contributed by atoms with Crippen molar-refractivity contribution < 1.29 is 4.79 Å². The van der Waals surface area contributed by atoms with E-state index in [1.54, 1.807) is 6.21 Å². The Kier molecular flexibility index (Phi) is 7.91. The number of carbonyl (C=O) groups excluding carboxylic acids is 1. The van der Waals surface area contributed by atoms with Crippen LogP contribution in [-0.4, -0.2) is 32.6 Å². The number of benzene rings is 3. The number of amides is 1. The lowest BCUT2D eigenvalue weighted by atomic mass is 9.87. The molecule has 8 heteroatoms. The van der Waals surface area contributed by atoms with Gasteiger partial charge in [-0.3, -0.25) is 9.36 Å². The van der Waals surface area contributed by atoms with Gasteiger partial charge in [0, 0.05) is 16.3 Å². The average molecular weight is 518 g/mol. The second-order valence-corrected chi connectivity index (χ2v) is 10.8. The van der Waals surface area contributed by atoms with E-state index in [1.807, 2.05) is 72.2 Å². The van der Waals surface area contributed by atoms with Crippen LogP contribution in [0.25, 0.3) is 17.1 Å². The first-order valence-corrected chi connectivity index (χ1v) is 12.9. The highest BCUT2D eigenvalue weighted by molar-refractivity contribution is 7.99. The van der Waals surface area contributed by atoms with Crippen molar-refractivity contribution in [2.24, 2.45) is 5.10 Å². The molecule has 0 spiro atoms. The Morgan fingerprint density at radius 3 is 2.31 bits per heavy atom. The molecule has 6 nitrogen and oxygen atoms in total. The van der Waals surface area contributed by atoms with E-state index >= 15 is 0 Å². The van der Waals surface area contributed by atoms with Crippen LogP contribution < -0.4 is 5.43 Å². The number of carbonyl (C=O) groups is 1. The summed E-state index contributed by atoms with van der Waals surface area (Å²) in [5.41, 5.74) is 7.80. The van der Waals surface area contributed by atoms with Crippen molar-refractivity contribution in [2.45, 2.75) is 38.3 Å². The van der Waals surface area contributed by atoms with Gasteiger partial charge in [-0.1, -0.05) is 98.2 Å². The van der Waals surface area contributed by atoms with Crippen LogP contribution in [-0.2, 0) is 10.2 Å².